The molecule has 3 aromatic heterocycles. The number of rotatable bonds is 4. The van der Waals surface area contributed by atoms with Crippen molar-refractivity contribution in [3.8, 4) is 17.0 Å². The Morgan fingerprint density at radius 2 is 1.88 bits per heavy atom. The fourth-order valence-electron chi connectivity index (χ4n) is 5.43. The summed E-state index contributed by atoms with van der Waals surface area (Å²) in [7, 11) is 1.63. The standard InChI is InChI=1S/C24H25N7O2/c1-13(32)31-11-15-7-17(8-16(15)12-31)28-24-29-22-21(23(30-24)33-2)18(10-27-22)14-3-4-19-20(9-14)26-6-5-25-19/h3-6,9-10,15-17H,7-8,11-12H2,1-2H3,(H2,27,28,29,30)/t15-,16+,17+. The highest BCUT2D eigenvalue weighted by atomic mass is 16.5. The van der Waals surface area contributed by atoms with Gasteiger partial charge in [-0.15, -0.1) is 0 Å². The predicted octanol–water partition coefficient (Wildman–Crippen LogP) is 3.25. The Labute approximate surface area is 190 Å². The topological polar surface area (TPSA) is 109 Å². The molecule has 9 nitrogen and oxygen atoms in total. The van der Waals surface area contributed by atoms with Gasteiger partial charge in [0, 0.05) is 50.2 Å². The van der Waals surface area contributed by atoms with Crippen LogP contribution in [0.4, 0.5) is 5.95 Å². The number of nitrogens with zero attached hydrogens (tertiary/aromatic N) is 5. The maximum Gasteiger partial charge on any atom is 0.228 e. The van der Waals surface area contributed by atoms with Crippen molar-refractivity contribution in [1.29, 1.82) is 0 Å². The third kappa shape index (κ3) is 3.44. The number of aromatic amines is 1. The number of aromatic nitrogens is 5. The zero-order valence-electron chi connectivity index (χ0n) is 18.6. The monoisotopic (exact) mass is 443 g/mol. The molecule has 4 aromatic rings. The summed E-state index contributed by atoms with van der Waals surface area (Å²) in [6.45, 7) is 3.37. The molecule has 1 aliphatic carbocycles. The third-order valence-electron chi connectivity index (χ3n) is 7.00. The molecule has 3 atom stereocenters. The number of benzene rings is 1. The van der Waals surface area contributed by atoms with E-state index in [2.05, 4.69) is 25.3 Å². The molecule has 1 saturated heterocycles. The lowest BCUT2D eigenvalue weighted by Gasteiger charge is -2.18. The first kappa shape index (κ1) is 19.9. The first-order valence-electron chi connectivity index (χ1n) is 11.3. The first-order chi connectivity index (χ1) is 16.1. The van der Waals surface area contributed by atoms with Crippen LogP contribution in [0.3, 0.4) is 0 Å². The van der Waals surface area contributed by atoms with Crippen LogP contribution in [0.5, 0.6) is 5.88 Å². The quantitative estimate of drug-likeness (QED) is 0.498. The molecule has 9 heteroatoms. The highest BCUT2D eigenvalue weighted by Crippen LogP contribution is 2.40. The number of hydrogen-bond acceptors (Lipinski definition) is 7. The van der Waals surface area contributed by atoms with E-state index < -0.39 is 0 Å². The van der Waals surface area contributed by atoms with Crippen LogP contribution in [0.2, 0.25) is 0 Å². The van der Waals surface area contributed by atoms with Crippen molar-refractivity contribution in [2.24, 2.45) is 11.8 Å². The summed E-state index contributed by atoms with van der Waals surface area (Å²) in [6.07, 6.45) is 7.35. The zero-order valence-corrected chi connectivity index (χ0v) is 18.6. The van der Waals surface area contributed by atoms with Gasteiger partial charge in [0.1, 0.15) is 5.65 Å². The van der Waals surface area contributed by atoms with E-state index in [9.17, 15) is 4.79 Å². The zero-order chi connectivity index (χ0) is 22.5. The summed E-state index contributed by atoms with van der Waals surface area (Å²) >= 11 is 0. The van der Waals surface area contributed by atoms with Crippen LogP contribution in [-0.2, 0) is 4.79 Å². The number of carbonyl (C=O) groups is 1. The Bertz CT molecular complexity index is 1350. The Kier molecular flexibility index (Phi) is 4.63. The summed E-state index contributed by atoms with van der Waals surface area (Å²) < 4.78 is 5.67. The van der Waals surface area contributed by atoms with Gasteiger partial charge in [-0.1, -0.05) is 6.07 Å². The van der Waals surface area contributed by atoms with Crippen LogP contribution >= 0.6 is 0 Å². The second-order valence-electron chi connectivity index (χ2n) is 9.00. The van der Waals surface area contributed by atoms with Crippen molar-refractivity contribution >= 4 is 33.9 Å². The second kappa shape index (κ2) is 7.68. The second-order valence-corrected chi connectivity index (χ2v) is 9.00. The first-order valence-corrected chi connectivity index (χ1v) is 11.3. The normalized spacial score (nSPS) is 22.1. The van der Waals surface area contributed by atoms with Crippen LogP contribution in [-0.4, -0.2) is 62.0 Å². The lowest BCUT2D eigenvalue weighted by molar-refractivity contribution is -0.128. The predicted molar refractivity (Wildman–Crippen MR) is 125 cm³/mol. The number of hydrogen-bond donors (Lipinski definition) is 2. The minimum atomic E-state index is 0.174. The number of likely N-dealkylation sites (tertiary alicyclic amines) is 1. The van der Waals surface area contributed by atoms with Gasteiger partial charge in [0.25, 0.3) is 0 Å². The van der Waals surface area contributed by atoms with Crippen molar-refractivity contribution in [2.45, 2.75) is 25.8 Å². The lowest BCUT2D eigenvalue weighted by Crippen LogP contribution is -2.29. The maximum absolute atomic E-state index is 11.7. The van der Waals surface area contributed by atoms with E-state index in [1.54, 1.807) is 26.4 Å². The summed E-state index contributed by atoms with van der Waals surface area (Å²) in [4.78, 5) is 35.1. The van der Waals surface area contributed by atoms with E-state index in [0.29, 0.717) is 29.7 Å². The van der Waals surface area contributed by atoms with Gasteiger partial charge in [-0.05, 0) is 42.4 Å². The summed E-state index contributed by atoms with van der Waals surface area (Å²) in [6, 6.07) is 6.29. The van der Waals surface area contributed by atoms with Gasteiger partial charge in [0.15, 0.2) is 0 Å². The van der Waals surface area contributed by atoms with E-state index in [1.165, 1.54) is 0 Å². The average Bonchev–Trinajstić information content (AvgIpc) is 3.51. The number of ether oxygens (including phenoxy) is 1. The number of H-pyrrole nitrogens is 1. The van der Waals surface area contributed by atoms with Crippen LogP contribution in [0.25, 0.3) is 33.2 Å². The Hall–Kier alpha value is -3.75. The van der Waals surface area contributed by atoms with Gasteiger partial charge < -0.3 is 19.9 Å². The fourth-order valence-corrected chi connectivity index (χ4v) is 5.43. The lowest BCUT2D eigenvalue weighted by atomic mass is 10.0. The molecule has 2 fully saturated rings. The number of methoxy groups -OCH3 is 1. The molecular formula is C24H25N7O2. The van der Waals surface area contributed by atoms with E-state index in [-0.39, 0.29) is 5.91 Å². The summed E-state index contributed by atoms with van der Waals surface area (Å²) in [5.41, 5.74) is 4.36. The molecule has 0 unspecified atom stereocenters. The SMILES string of the molecule is COc1nc(N[C@H]2C[C@@H]3CN(C(C)=O)C[C@@H]3C2)nc2[nH]cc(-c3ccc4nccnc4c3)c12. The van der Waals surface area contributed by atoms with Crippen molar-refractivity contribution in [1.82, 2.24) is 29.8 Å². The molecule has 1 aliphatic heterocycles. The number of nitrogens with one attached hydrogen (secondary N) is 2. The van der Waals surface area contributed by atoms with Crippen molar-refractivity contribution in [2.75, 3.05) is 25.5 Å². The Morgan fingerprint density at radius 3 is 2.61 bits per heavy atom. The minimum Gasteiger partial charge on any atom is -0.480 e. The fraction of sp³-hybridized carbons (Fsp3) is 0.375. The van der Waals surface area contributed by atoms with Gasteiger partial charge in [0.2, 0.25) is 17.7 Å². The van der Waals surface area contributed by atoms with E-state index in [0.717, 1.165) is 59.1 Å². The van der Waals surface area contributed by atoms with Crippen molar-refractivity contribution < 1.29 is 9.53 Å². The Balaban J connectivity index is 1.28. The van der Waals surface area contributed by atoms with Gasteiger partial charge in [-0.2, -0.15) is 9.97 Å². The third-order valence-corrected chi connectivity index (χ3v) is 7.00. The molecule has 2 N–H and O–H groups in total. The van der Waals surface area contributed by atoms with Crippen molar-refractivity contribution in [3.05, 3.63) is 36.8 Å². The number of fused-ring (bicyclic) bond motifs is 3. The van der Waals surface area contributed by atoms with Crippen LogP contribution in [0.1, 0.15) is 19.8 Å². The molecule has 168 valence electrons. The van der Waals surface area contributed by atoms with Crippen LogP contribution in [0.15, 0.2) is 36.8 Å². The summed E-state index contributed by atoms with van der Waals surface area (Å²) in [5, 5.41) is 4.35. The molecule has 0 radical (unpaired) electrons. The number of carbonyl (C=O) groups excluding carboxylic acids is 1. The number of amides is 1. The Morgan fingerprint density at radius 1 is 1.12 bits per heavy atom. The van der Waals surface area contributed by atoms with Gasteiger partial charge in [-0.25, -0.2) is 0 Å². The van der Waals surface area contributed by atoms with Gasteiger partial charge in [-0.3, -0.25) is 14.8 Å². The van der Waals surface area contributed by atoms with Crippen LogP contribution in [0, 0.1) is 11.8 Å². The highest BCUT2D eigenvalue weighted by molar-refractivity contribution is 5.99. The van der Waals surface area contributed by atoms with E-state index in [1.807, 2.05) is 29.3 Å². The minimum absolute atomic E-state index is 0.174. The molecule has 2 aliphatic rings. The molecular weight excluding hydrogens is 418 g/mol. The molecule has 6 rings (SSSR count). The van der Waals surface area contributed by atoms with Gasteiger partial charge in [0.05, 0.1) is 23.5 Å². The molecule has 1 saturated carbocycles. The molecule has 1 aromatic carbocycles. The van der Waals surface area contributed by atoms with Gasteiger partial charge >= 0.3 is 0 Å². The molecule has 33 heavy (non-hydrogen) atoms. The molecule has 0 spiro atoms. The molecule has 1 amide bonds. The molecule has 4 heterocycles. The highest BCUT2D eigenvalue weighted by Gasteiger charge is 2.41. The molecule has 0 bridgehead atoms. The average molecular weight is 444 g/mol. The smallest absolute Gasteiger partial charge is 0.228 e. The van der Waals surface area contributed by atoms with Crippen molar-refractivity contribution in [3.63, 3.8) is 0 Å². The largest absolute Gasteiger partial charge is 0.480 e. The maximum atomic E-state index is 11.7. The van der Waals surface area contributed by atoms with E-state index >= 15 is 0 Å². The summed E-state index contributed by atoms with van der Waals surface area (Å²) in [5.74, 6) is 2.35. The van der Waals surface area contributed by atoms with Crippen LogP contribution < -0.4 is 10.1 Å². The van der Waals surface area contributed by atoms with E-state index in [4.69, 9.17) is 9.72 Å². The number of anilines is 1.